The van der Waals surface area contributed by atoms with Crippen molar-refractivity contribution >= 4 is 23.0 Å². The van der Waals surface area contributed by atoms with Gasteiger partial charge in [0.05, 0.1) is 11.2 Å². The van der Waals surface area contributed by atoms with Gasteiger partial charge in [-0.1, -0.05) is 44.9 Å². The Labute approximate surface area is 171 Å². The van der Waals surface area contributed by atoms with Crippen LogP contribution in [-0.4, -0.2) is 16.1 Å². The Hall–Kier alpha value is -3.08. The van der Waals surface area contributed by atoms with Gasteiger partial charge in [0.1, 0.15) is 11.4 Å². The summed E-state index contributed by atoms with van der Waals surface area (Å²) < 4.78 is 1.90. The Bertz CT molecular complexity index is 1070. The minimum atomic E-state index is -0.220. The van der Waals surface area contributed by atoms with Gasteiger partial charge >= 0.3 is 0 Å². The summed E-state index contributed by atoms with van der Waals surface area (Å²) in [6, 6.07) is 11.2. The second kappa shape index (κ2) is 9.41. The number of hydrogen-bond acceptors (Lipinski definition) is 3. The maximum atomic E-state index is 12.7. The number of carbonyl (C=O) groups excluding carboxylic acids is 1. The van der Waals surface area contributed by atoms with E-state index in [-0.39, 0.29) is 16.9 Å². The summed E-state index contributed by atoms with van der Waals surface area (Å²) >= 11 is 0. The highest BCUT2D eigenvalue weighted by Gasteiger charge is 2.15. The van der Waals surface area contributed by atoms with E-state index in [9.17, 15) is 14.7 Å². The predicted molar refractivity (Wildman–Crippen MR) is 118 cm³/mol. The van der Waals surface area contributed by atoms with Crippen LogP contribution in [0.4, 0.5) is 5.69 Å². The van der Waals surface area contributed by atoms with E-state index in [1.807, 2.05) is 22.8 Å². The summed E-state index contributed by atoms with van der Waals surface area (Å²) in [7, 11) is 0. The molecule has 0 bridgehead atoms. The smallest absolute Gasteiger partial charge is 0.212 e. The molecule has 5 nitrogen and oxygen atoms in total. The molecule has 5 heteroatoms. The fourth-order valence-corrected chi connectivity index (χ4v) is 3.68. The van der Waals surface area contributed by atoms with E-state index in [1.54, 1.807) is 18.3 Å². The monoisotopic (exact) mass is 392 g/mol. The number of phenols is 1. The fourth-order valence-electron chi connectivity index (χ4n) is 3.68. The zero-order chi connectivity index (χ0) is 20.8. The van der Waals surface area contributed by atoms with Crippen LogP contribution in [0, 0.1) is 0 Å². The number of carbonyl (C=O) groups is 1. The van der Waals surface area contributed by atoms with Crippen molar-refractivity contribution in [3.05, 3.63) is 63.9 Å². The van der Waals surface area contributed by atoms with Gasteiger partial charge in [-0.25, -0.2) is 0 Å². The van der Waals surface area contributed by atoms with Gasteiger partial charge in [0.15, 0.2) is 0 Å². The van der Waals surface area contributed by atoms with Crippen molar-refractivity contribution in [3.8, 4) is 11.4 Å². The number of para-hydroxylation sites is 1. The first kappa shape index (κ1) is 20.6. The van der Waals surface area contributed by atoms with Crippen LogP contribution in [0.25, 0.3) is 16.6 Å². The van der Waals surface area contributed by atoms with Gasteiger partial charge in [0, 0.05) is 17.6 Å². The van der Waals surface area contributed by atoms with E-state index >= 15 is 0 Å². The maximum Gasteiger partial charge on any atom is 0.212 e. The molecule has 1 heterocycles. The zero-order valence-electron chi connectivity index (χ0n) is 17.1. The molecule has 0 radical (unpaired) electrons. The number of fused-ring (bicyclic) bond motifs is 1. The van der Waals surface area contributed by atoms with Crippen molar-refractivity contribution in [3.63, 3.8) is 0 Å². The second-order valence-corrected chi connectivity index (χ2v) is 7.34. The van der Waals surface area contributed by atoms with Crippen LogP contribution in [0.1, 0.15) is 50.7 Å². The summed E-state index contributed by atoms with van der Waals surface area (Å²) in [5.41, 5.74) is 3.66. The van der Waals surface area contributed by atoms with Gasteiger partial charge in [0.25, 0.3) is 0 Å². The summed E-state index contributed by atoms with van der Waals surface area (Å²) in [6.07, 6.45) is 8.06. The average Bonchev–Trinajstić information content (AvgIpc) is 2.74. The van der Waals surface area contributed by atoms with Crippen molar-refractivity contribution in [1.82, 2.24) is 4.57 Å². The lowest BCUT2D eigenvalue weighted by Gasteiger charge is -2.19. The number of unbranched alkanes of at least 4 members (excludes halogenated alkanes) is 2. The number of hydrogen-bond donors (Lipinski definition) is 2. The summed E-state index contributed by atoms with van der Waals surface area (Å²) in [5, 5.41) is 13.7. The van der Waals surface area contributed by atoms with Crippen molar-refractivity contribution in [2.45, 2.75) is 52.4 Å². The molecule has 0 atom stereocenters. The third kappa shape index (κ3) is 4.34. The van der Waals surface area contributed by atoms with Crippen LogP contribution < -0.4 is 10.7 Å². The number of aromatic hydroxyl groups is 1. The zero-order valence-corrected chi connectivity index (χ0v) is 17.1. The van der Waals surface area contributed by atoms with Crippen molar-refractivity contribution in [2.24, 2.45) is 0 Å². The molecule has 3 rings (SSSR count). The molecule has 0 unspecified atom stereocenters. The van der Waals surface area contributed by atoms with Crippen LogP contribution in [0.5, 0.6) is 5.75 Å². The number of amides is 1. The molecule has 0 saturated carbocycles. The van der Waals surface area contributed by atoms with Crippen LogP contribution in [-0.2, 0) is 17.6 Å². The number of pyridine rings is 1. The molecular weight excluding hydrogens is 364 g/mol. The molecule has 1 amide bonds. The quantitative estimate of drug-likeness (QED) is 0.506. The topological polar surface area (TPSA) is 71.3 Å². The van der Waals surface area contributed by atoms with E-state index in [0.29, 0.717) is 11.8 Å². The summed E-state index contributed by atoms with van der Waals surface area (Å²) in [5.74, 6) is 0.265. The molecule has 29 heavy (non-hydrogen) atoms. The molecule has 0 aliphatic rings. The fraction of sp³-hybridized carbons (Fsp3) is 0.333. The van der Waals surface area contributed by atoms with Crippen molar-refractivity contribution in [2.75, 3.05) is 5.32 Å². The maximum absolute atomic E-state index is 12.7. The number of rotatable bonds is 9. The Morgan fingerprint density at radius 3 is 2.41 bits per heavy atom. The Balaban J connectivity index is 2.27. The van der Waals surface area contributed by atoms with Crippen LogP contribution >= 0.6 is 0 Å². The van der Waals surface area contributed by atoms with E-state index in [1.165, 1.54) is 0 Å². The molecule has 2 N–H and O–H groups in total. The molecule has 1 aromatic heterocycles. The highest BCUT2D eigenvalue weighted by Crippen LogP contribution is 2.30. The lowest BCUT2D eigenvalue weighted by atomic mass is 9.98. The van der Waals surface area contributed by atoms with E-state index < -0.39 is 0 Å². The first-order valence-corrected chi connectivity index (χ1v) is 10.3. The van der Waals surface area contributed by atoms with Crippen molar-refractivity contribution in [1.29, 1.82) is 0 Å². The Morgan fingerprint density at radius 2 is 1.72 bits per heavy atom. The van der Waals surface area contributed by atoms with Gasteiger partial charge in [-0.2, -0.15) is 0 Å². The number of benzene rings is 2. The molecule has 152 valence electrons. The molecule has 2 aromatic carbocycles. The third-order valence-corrected chi connectivity index (χ3v) is 5.26. The SMILES string of the molecule is CCCCc1cc(CCCC)c(-n2cc(NC=O)c(=O)c3ccccc32)cc1O. The number of nitrogens with one attached hydrogen (secondary N) is 1. The first-order valence-electron chi connectivity index (χ1n) is 10.3. The normalized spacial score (nSPS) is 11.0. The average molecular weight is 392 g/mol. The molecular formula is C24H28N2O3. The van der Waals surface area contributed by atoms with Gasteiger partial charge in [-0.15, -0.1) is 0 Å². The lowest BCUT2D eigenvalue weighted by molar-refractivity contribution is -0.105. The van der Waals surface area contributed by atoms with E-state index in [0.717, 1.165) is 60.9 Å². The highest BCUT2D eigenvalue weighted by molar-refractivity contribution is 5.86. The molecule has 0 spiro atoms. The molecule has 0 saturated heterocycles. The molecule has 3 aromatic rings. The minimum Gasteiger partial charge on any atom is -0.508 e. The Kier molecular flexibility index (Phi) is 6.70. The number of phenolic OH excluding ortho intramolecular Hbond substituents is 1. The van der Waals surface area contributed by atoms with Crippen LogP contribution in [0.15, 0.2) is 47.4 Å². The van der Waals surface area contributed by atoms with Gasteiger partial charge in [0.2, 0.25) is 11.8 Å². The second-order valence-electron chi connectivity index (χ2n) is 7.34. The predicted octanol–water partition coefficient (Wildman–Crippen LogP) is 4.95. The van der Waals surface area contributed by atoms with Gasteiger partial charge in [-0.3, -0.25) is 9.59 Å². The van der Waals surface area contributed by atoms with Crippen molar-refractivity contribution < 1.29 is 9.90 Å². The number of aromatic nitrogens is 1. The lowest BCUT2D eigenvalue weighted by Crippen LogP contribution is -2.15. The standard InChI is InChI=1S/C24H28N2O3/c1-3-5-9-17-13-18(10-6-4-2)23(28)14-22(17)26-15-20(25-16-27)24(29)19-11-7-8-12-21(19)26/h7-8,11-16,28H,3-6,9-10H2,1-2H3,(H,25,27). The molecule has 0 aliphatic heterocycles. The largest absolute Gasteiger partial charge is 0.508 e. The van der Waals surface area contributed by atoms with Crippen LogP contribution in [0.2, 0.25) is 0 Å². The first-order chi connectivity index (χ1) is 14.1. The summed E-state index contributed by atoms with van der Waals surface area (Å²) in [6.45, 7) is 4.29. The van der Waals surface area contributed by atoms with E-state index in [4.69, 9.17) is 0 Å². The number of anilines is 1. The minimum absolute atomic E-state index is 0.217. The van der Waals surface area contributed by atoms with Gasteiger partial charge < -0.3 is 15.0 Å². The highest BCUT2D eigenvalue weighted by atomic mass is 16.3. The molecule has 0 aliphatic carbocycles. The number of aryl methyl sites for hydroxylation is 2. The van der Waals surface area contributed by atoms with Gasteiger partial charge in [-0.05, 0) is 48.9 Å². The number of nitrogens with zero attached hydrogens (tertiary/aromatic N) is 1. The Morgan fingerprint density at radius 1 is 1.03 bits per heavy atom. The summed E-state index contributed by atoms with van der Waals surface area (Å²) in [4.78, 5) is 23.7. The van der Waals surface area contributed by atoms with E-state index in [2.05, 4.69) is 25.2 Å². The van der Waals surface area contributed by atoms with Crippen LogP contribution in [0.3, 0.4) is 0 Å². The third-order valence-electron chi connectivity index (χ3n) is 5.26. The molecule has 0 fully saturated rings.